The lowest BCUT2D eigenvalue weighted by Gasteiger charge is -2.22. The maximum absolute atomic E-state index is 12.5. The van der Waals surface area contributed by atoms with Crippen molar-refractivity contribution in [1.29, 1.82) is 0 Å². The summed E-state index contributed by atoms with van der Waals surface area (Å²) in [6.07, 6.45) is 3.52. The van der Waals surface area contributed by atoms with E-state index in [1.165, 1.54) is 12.8 Å². The van der Waals surface area contributed by atoms with Gasteiger partial charge in [-0.3, -0.25) is 9.36 Å². The highest BCUT2D eigenvalue weighted by atomic mass is 16.1. The van der Waals surface area contributed by atoms with Gasteiger partial charge in [0.15, 0.2) is 0 Å². The van der Waals surface area contributed by atoms with E-state index in [2.05, 4.69) is 32.3 Å². The van der Waals surface area contributed by atoms with Crippen LogP contribution in [0.25, 0.3) is 16.7 Å². The number of rotatable bonds is 5. The third-order valence-electron chi connectivity index (χ3n) is 5.34. The molecule has 4 rings (SSSR count). The van der Waals surface area contributed by atoms with Crippen molar-refractivity contribution in [2.75, 3.05) is 19.6 Å². The van der Waals surface area contributed by atoms with Crippen LogP contribution in [0, 0.1) is 12.8 Å². The van der Waals surface area contributed by atoms with Crippen LogP contribution in [0.2, 0.25) is 0 Å². The molecule has 1 atom stereocenters. The number of aromatic nitrogens is 2. The third kappa shape index (κ3) is 3.88. The lowest BCUT2D eigenvalue weighted by molar-refractivity contribution is 0.0951. The molecule has 1 fully saturated rings. The summed E-state index contributed by atoms with van der Waals surface area (Å²) in [5, 5.41) is 6.49. The minimum absolute atomic E-state index is 0.0208. The summed E-state index contributed by atoms with van der Waals surface area (Å²) in [4.78, 5) is 17.2. The van der Waals surface area contributed by atoms with Gasteiger partial charge in [-0.25, -0.2) is 4.98 Å². The molecule has 1 unspecified atom stereocenters. The van der Waals surface area contributed by atoms with Crippen LogP contribution in [0.4, 0.5) is 0 Å². The SMILES string of the molecule is Cc1nc2cc(C(=O)NCCC3CCCNC3)ccc2n1-c1ccccc1. The molecule has 2 N–H and O–H groups in total. The average molecular weight is 362 g/mol. The molecule has 2 aromatic carbocycles. The van der Waals surface area contributed by atoms with Crippen LogP contribution < -0.4 is 10.6 Å². The number of amides is 1. The second kappa shape index (κ2) is 7.92. The number of carbonyl (C=O) groups is 1. The Morgan fingerprint density at radius 1 is 1.26 bits per heavy atom. The summed E-state index contributed by atoms with van der Waals surface area (Å²) < 4.78 is 2.12. The van der Waals surface area contributed by atoms with E-state index >= 15 is 0 Å². The topological polar surface area (TPSA) is 59.0 Å². The lowest BCUT2D eigenvalue weighted by Crippen LogP contribution is -2.33. The summed E-state index contributed by atoms with van der Waals surface area (Å²) in [5.74, 6) is 1.57. The monoisotopic (exact) mass is 362 g/mol. The molecular formula is C22H26N4O. The van der Waals surface area contributed by atoms with E-state index in [1.807, 2.05) is 43.3 Å². The molecule has 0 spiro atoms. The fourth-order valence-electron chi connectivity index (χ4n) is 3.91. The largest absolute Gasteiger partial charge is 0.352 e. The second-order valence-electron chi connectivity index (χ2n) is 7.29. The van der Waals surface area contributed by atoms with Crippen LogP contribution in [-0.4, -0.2) is 35.1 Å². The minimum Gasteiger partial charge on any atom is -0.352 e. The lowest BCUT2D eigenvalue weighted by atomic mass is 9.96. The first-order valence-electron chi connectivity index (χ1n) is 9.76. The summed E-state index contributed by atoms with van der Waals surface area (Å²) in [6.45, 7) is 4.90. The predicted molar refractivity (Wildman–Crippen MR) is 108 cm³/mol. The number of imidazole rings is 1. The van der Waals surface area contributed by atoms with Crippen molar-refractivity contribution in [2.24, 2.45) is 5.92 Å². The molecule has 1 aliphatic rings. The number of fused-ring (bicyclic) bond motifs is 1. The molecule has 0 saturated carbocycles. The molecular weight excluding hydrogens is 336 g/mol. The van der Waals surface area contributed by atoms with Gasteiger partial charge >= 0.3 is 0 Å². The van der Waals surface area contributed by atoms with E-state index < -0.39 is 0 Å². The molecule has 2 heterocycles. The number of hydrogen-bond acceptors (Lipinski definition) is 3. The van der Waals surface area contributed by atoms with Crippen molar-refractivity contribution < 1.29 is 4.79 Å². The average Bonchev–Trinajstić information content (AvgIpc) is 3.04. The smallest absolute Gasteiger partial charge is 0.251 e. The maximum atomic E-state index is 12.5. The van der Waals surface area contributed by atoms with Crippen LogP contribution in [0.5, 0.6) is 0 Å². The first-order valence-corrected chi connectivity index (χ1v) is 9.76. The molecule has 0 bridgehead atoms. The maximum Gasteiger partial charge on any atom is 0.251 e. The zero-order valence-corrected chi connectivity index (χ0v) is 15.7. The number of hydrogen-bond donors (Lipinski definition) is 2. The first-order chi connectivity index (χ1) is 13.2. The van der Waals surface area contributed by atoms with E-state index in [-0.39, 0.29) is 5.91 Å². The molecule has 0 radical (unpaired) electrons. The Morgan fingerprint density at radius 3 is 2.89 bits per heavy atom. The Kier molecular flexibility index (Phi) is 5.21. The number of nitrogens with zero attached hydrogens (tertiary/aromatic N) is 2. The molecule has 1 saturated heterocycles. The van der Waals surface area contributed by atoms with Gasteiger partial charge in [-0.15, -0.1) is 0 Å². The quantitative estimate of drug-likeness (QED) is 0.731. The fourth-order valence-corrected chi connectivity index (χ4v) is 3.91. The van der Waals surface area contributed by atoms with Gasteiger partial charge in [-0.2, -0.15) is 0 Å². The molecule has 1 amide bonds. The number of para-hydroxylation sites is 1. The van der Waals surface area contributed by atoms with Crippen molar-refractivity contribution in [3.63, 3.8) is 0 Å². The Bertz CT molecular complexity index is 926. The number of nitrogens with one attached hydrogen (secondary N) is 2. The van der Waals surface area contributed by atoms with Crippen LogP contribution >= 0.6 is 0 Å². The molecule has 1 aromatic heterocycles. The van der Waals surface area contributed by atoms with Gasteiger partial charge in [0, 0.05) is 17.8 Å². The highest BCUT2D eigenvalue weighted by Crippen LogP contribution is 2.22. The minimum atomic E-state index is -0.0208. The predicted octanol–water partition coefficient (Wildman–Crippen LogP) is 3.45. The third-order valence-corrected chi connectivity index (χ3v) is 5.34. The van der Waals surface area contributed by atoms with Gasteiger partial charge in [0.2, 0.25) is 0 Å². The van der Waals surface area contributed by atoms with Gasteiger partial charge in [-0.1, -0.05) is 18.2 Å². The van der Waals surface area contributed by atoms with Crippen molar-refractivity contribution in [2.45, 2.75) is 26.2 Å². The number of aryl methyl sites for hydroxylation is 1. The fraction of sp³-hybridized carbons (Fsp3) is 0.364. The summed E-state index contributed by atoms with van der Waals surface area (Å²) >= 11 is 0. The van der Waals surface area contributed by atoms with E-state index in [0.717, 1.165) is 48.6 Å². The molecule has 3 aromatic rings. The van der Waals surface area contributed by atoms with Crippen LogP contribution in [0.15, 0.2) is 48.5 Å². The number of piperidine rings is 1. The zero-order chi connectivity index (χ0) is 18.6. The van der Waals surface area contributed by atoms with Gasteiger partial charge < -0.3 is 10.6 Å². The molecule has 5 heteroatoms. The summed E-state index contributed by atoms with van der Waals surface area (Å²) in [6, 6.07) is 15.9. The van der Waals surface area contributed by atoms with E-state index in [4.69, 9.17) is 0 Å². The normalized spacial score (nSPS) is 17.1. The van der Waals surface area contributed by atoms with E-state index in [1.54, 1.807) is 0 Å². The van der Waals surface area contributed by atoms with Crippen molar-refractivity contribution in [3.8, 4) is 5.69 Å². The van der Waals surface area contributed by atoms with Crippen molar-refractivity contribution >= 4 is 16.9 Å². The molecule has 0 aliphatic carbocycles. The Labute approximate surface area is 159 Å². The van der Waals surface area contributed by atoms with Crippen LogP contribution in [-0.2, 0) is 0 Å². The van der Waals surface area contributed by atoms with E-state index in [9.17, 15) is 4.79 Å². The van der Waals surface area contributed by atoms with Gasteiger partial charge in [0.25, 0.3) is 5.91 Å². The highest BCUT2D eigenvalue weighted by Gasteiger charge is 2.15. The van der Waals surface area contributed by atoms with Crippen molar-refractivity contribution in [1.82, 2.24) is 20.2 Å². The molecule has 5 nitrogen and oxygen atoms in total. The summed E-state index contributed by atoms with van der Waals surface area (Å²) in [5.41, 5.74) is 3.61. The Balaban J connectivity index is 1.47. The molecule has 1 aliphatic heterocycles. The first kappa shape index (κ1) is 17.7. The Morgan fingerprint density at radius 2 is 2.11 bits per heavy atom. The summed E-state index contributed by atoms with van der Waals surface area (Å²) in [7, 11) is 0. The second-order valence-corrected chi connectivity index (χ2v) is 7.29. The standard InChI is InChI=1S/C22H26N4O/c1-16-25-20-14-18(22(27)24-13-11-17-6-5-12-23-15-17)9-10-21(20)26(16)19-7-3-2-4-8-19/h2-4,7-10,14,17,23H,5-6,11-13,15H2,1H3,(H,24,27). The van der Waals surface area contributed by atoms with Gasteiger partial charge in [-0.05, 0) is 75.5 Å². The van der Waals surface area contributed by atoms with Gasteiger partial charge in [0.05, 0.1) is 11.0 Å². The van der Waals surface area contributed by atoms with Crippen molar-refractivity contribution in [3.05, 3.63) is 59.9 Å². The van der Waals surface area contributed by atoms with Gasteiger partial charge in [0.1, 0.15) is 5.82 Å². The molecule has 140 valence electrons. The van der Waals surface area contributed by atoms with Crippen LogP contribution in [0.3, 0.4) is 0 Å². The van der Waals surface area contributed by atoms with E-state index in [0.29, 0.717) is 11.5 Å². The number of carbonyl (C=O) groups excluding carboxylic acids is 1. The Hall–Kier alpha value is -2.66. The molecule has 27 heavy (non-hydrogen) atoms. The van der Waals surface area contributed by atoms with Crippen LogP contribution in [0.1, 0.15) is 35.4 Å². The highest BCUT2D eigenvalue weighted by molar-refractivity contribution is 5.97. The zero-order valence-electron chi connectivity index (χ0n) is 15.7. The number of benzene rings is 2.